The normalized spacial score (nSPS) is 20.6. The van der Waals surface area contributed by atoms with Gasteiger partial charge in [-0.1, -0.05) is 0 Å². The van der Waals surface area contributed by atoms with Crippen molar-refractivity contribution in [3.63, 3.8) is 0 Å². The van der Waals surface area contributed by atoms with Gasteiger partial charge in [-0.05, 0) is 59.2 Å². The summed E-state index contributed by atoms with van der Waals surface area (Å²) in [6.45, 7) is 11.5. The number of nitro groups is 1. The number of aliphatic imine (C=N–C) groups is 1. The zero-order chi connectivity index (χ0) is 27.8. The highest BCUT2D eigenvalue weighted by atomic mass is 32.2. The molecule has 37 heavy (non-hydrogen) atoms. The molecule has 202 valence electrons. The lowest BCUT2D eigenvalue weighted by Crippen LogP contribution is -2.63. The Kier molecular flexibility index (Phi) is 8.38. The van der Waals surface area contributed by atoms with E-state index in [4.69, 9.17) is 13.8 Å². The molecule has 0 spiro atoms. The largest absolute Gasteiger partial charge is 0.461 e. The van der Waals surface area contributed by atoms with Gasteiger partial charge in [0.15, 0.2) is 6.04 Å². The number of β-lactam (4-membered cyclic amide) rings is 1. The van der Waals surface area contributed by atoms with Gasteiger partial charge in [0.25, 0.3) is 11.6 Å². The first-order valence-corrected chi connectivity index (χ1v) is 14.2. The van der Waals surface area contributed by atoms with Crippen molar-refractivity contribution in [2.45, 2.75) is 71.1 Å². The van der Waals surface area contributed by atoms with E-state index in [0.29, 0.717) is 16.9 Å². The molecular formula is C24H32N3O8PS. The Morgan fingerprint density at radius 2 is 1.76 bits per heavy atom. The van der Waals surface area contributed by atoms with E-state index in [1.807, 2.05) is 0 Å². The van der Waals surface area contributed by atoms with E-state index in [0.717, 1.165) is 0 Å². The molecule has 2 aliphatic rings. The number of fused-ring (bicyclic) bond motifs is 1. The van der Waals surface area contributed by atoms with Crippen LogP contribution in [0.2, 0.25) is 0 Å². The first-order chi connectivity index (χ1) is 17.0. The van der Waals surface area contributed by atoms with Crippen LogP contribution in [0.15, 0.2) is 40.3 Å². The van der Waals surface area contributed by atoms with Crippen molar-refractivity contribution in [3.05, 3.63) is 51.0 Å². The van der Waals surface area contributed by atoms with E-state index in [1.165, 1.54) is 41.9 Å². The molecule has 0 aromatic heterocycles. The Balaban J connectivity index is 1.97. The lowest BCUT2D eigenvalue weighted by Gasteiger charge is -2.50. The monoisotopic (exact) mass is 553 g/mol. The van der Waals surface area contributed by atoms with Crippen LogP contribution >= 0.6 is 19.4 Å². The average molecular weight is 554 g/mol. The minimum atomic E-state index is -4.09. The van der Waals surface area contributed by atoms with Crippen molar-refractivity contribution in [3.8, 4) is 0 Å². The molecule has 1 saturated heterocycles. The number of esters is 1. The third kappa shape index (κ3) is 7.07. The van der Waals surface area contributed by atoms with Crippen LogP contribution in [-0.2, 0) is 27.9 Å². The maximum absolute atomic E-state index is 14.4. The lowest BCUT2D eigenvalue weighted by atomic mass is 10.1. The van der Waals surface area contributed by atoms with Gasteiger partial charge in [0.05, 0.1) is 16.1 Å². The number of hydrogen-bond donors (Lipinski definition) is 0. The highest BCUT2D eigenvalue weighted by Crippen LogP contribution is 2.66. The number of nitro benzene ring substituents is 1. The molecule has 2 atom stereocenters. The molecule has 1 aromatic carbocycles. The van der Waals surface area contributed by atoms with Gasteiger partial charge in [-0.15, -0.1) is 11.8 Å². The predicted molar refractivity (Wildman–Crippen MR) is 141 cm³/mol. The molecule has 1 aromatic rings. The zero-order valence-corrected chi connectivity index (χ0v) is 23.6. The summed E-state index contributed by atoms with van der Waals surface area (Å²) in [5.74, 6) is -0.588. The van der Waals surface area contributed by atoms with E-state index in [1.54, 1.807) is 53.7 Å². The SMILES string of the molecule is CC(=O)OCC1=C(P(=O)(OC(C)(C)C)OC(C)(C)C)N2C(=O)[C@@H](/N=C/c3ccc([N+](=O)[O-])cc3)[C@H]2SC1. The van der Waals surface area contributed by atoms with Gasteiger partial charge in [0.2, 0.25) is 0 Å². The summed E-state index contributed by atoms with van der Waals surface area (Å²) < 4.78 is 31.7. The van der Waals surface area contributed by atoms with Crippen LogP contribution in [0.4, 0.5) is 5.69 Å². The Morgan fingerprint density at radius 3 is 2.24 bits per heavy atom. The molecule has 1 amide bonds. The van der Waals surface area contributed by atoms with Gasteiger partial charge in [-0.2, -0.15) is 0 Å². The third-order valence-electron chi connectivity index (χ3n) is 4.97. The molecule has 11 nitrogen and oxygen atoms in total. The van der Waals surface area contributed by atoms with Crippen molar-refractivity contribution in [1.82, 2.24) is 4.90 Å². The summed E-state index contributed by atoms with van der Waals surface area (Å²) in [5, 5.41) is 10.4. The molecular weight excluding hydrogens is 521 g/mol. The van der Waals surface area contributed by atoms with E-state index in [-0.39, 0.29) is 17.7 Å². The molecule has 3 rings (SSSR count). The number of amides is 1. The molecule has 1 fully saturated rings. The van der Waals surface area contributed by atoms with Crippen LogP contribution in [0.5, 0.6) is 0 Å². The molecule has 2 heterocycles. The van der Waals surface area contributed by atoms with Crippen molar-refractivity contribution in [2.75, 3.05) is 12.4 Å². The first-order valence-electron chi connectivity index (χ1n) is 11.6. The van der Waals surface area contributed by atoms with Gasteiger partial charge in [-0.3, -0.25) is 43.2 Å². The predicted octanol–water partition coefficient (Wildman–Crippen LogP) is 4.90. The fourth-order valence-electron chi connectivity index (χ4n) is 3.69. The number of carbonyl (C=O) groups excluding carboxylic acids is 2. The number of thioether (sulfide) groups is 1. The molecule has 0 N–H and O–H groups in total. The van der Waals surface area contributed by atoms with Gasteiger partial charge < -0.3 is 4.74 Å². The van der Waals surface area contributed by atoms with Crippen molar-refractivity contribution >= 4 is 43.1 Å². The summed E-state index contributed by atoms with van der Waals surface area (Å²) in [6.07, 6.45) is 1.48. The Labute approximate surface area is 220 Å². The molecule has 0 unspecified atom stereocenters. The number of benzene rings is 1. The molecule has 2 aliphatic heterocycles. The standard InChI is InChI=1S/C24H32N3O8PS/c1-15(28)33-13-17-14-37-22-19(25-12-16-8-10-18(11-9-16)27(30)31)20(29)26(22)21(17)36(32,34-23(2,3)4)35-24(5,6)7/h8-12,19,22H,13-14H2,1-7H3/b25-12+/t19-,22-/m1/s1. The minimum absolute atomic E-state index is 0.0468. The molecule has 0 aliphatic carbocycles. The van der Waals surface area contributed by atoms with E-state index >= 15 is 0 Å². The van der Waals surface area contributed by atoms with Gasteiger partial charge in [0.1, 0.15) is 17.4 Å². The third-order valence-corrected chi connectivity index (χ3v) is 8.92. The lowest BCUT2D eigenvalue weighted by molar-refractivity contribution is -0.384. The van der Waals surface area contributed by atoms with Gasteiger partial charge in [0, 0.05) is 36.6 Å². The van der Waals surface area contributed by atoms with Crippen LogP contribution in [0.1, 0.15) is 54.0 Å². The van der Waals surface area contributed by atoms with Crippen molar-refractivity contribution in [1.29, 1.82) is 0 Å². The second kappa shape index (κ2) is 10.7. The molecule has 0 bridgehead atoms. The average Bonchev–Trinajstić information content (AvgIpc) is 2.74. The van der Waals surface area contributed by atoms with Crippen LogP contribution in [0, 0.1) is 10.1 Å². The minimum Gasteiger partial charge on any atom is -0.461 e. The van der Waals surface area contributed by atoms with E-state index in [9.17, 15) is 24.3 Å². The number of ether oxygens (including phenoxy) is 1. The number of rotatable bonds is 8. The topological polar surface area (TPSA) is 138 Å². The van der Waals surface area contributed by atoms with Crippen molar-refractivity contribution in [2.24, 2.45) is 4.99 Å². The number of non-ortho nitro benzene ring substituents is 1. The summed E-state index contributed by atoms with van der Waals surface area (Å²) in [4.78, 5) is 41.1. The fourth-order valence-corrected chi connectivity index (χ4v) is 7.87. The second-order valence-electron chi connectivity index (χ2n) is 10.6. The maximum Gasteiger partial charge on any atom is 0.378 e. The Hall–Kier alpha value is -2.53. The Morgan fingerprint density at radius 1 is 1.19 bits per heavy atom. The zero-order valence-electron chi connectivity index (χ0n) is 21.9. The quantitative estimate of drug-likeness (QED) is 0.110. The molecule has 0 radical (unpaired) electrons. The number of nitrogens with zero attached hydrogens (tertiary/aromatic N) is 3. The Bertz CT molecular complexity index is 1160. The van der Waals surface area contributed by atoms with E-state index < -0.39 is 47.0 Å². The molecule has 0 saturated carbocycles. The number of hydrogen-bond acceptors (Lipinski definition) is 10. The first kappa shape index (κ1) is 29.0. The van der Waals surface area contributed by atoms with Gasteiger partial charge in [-0.25, -0.2) is 0 Å². The van der Waals surface area contributed by atoms with Crippen LogP contribution in [0.25, 0.3) is 0 Å². The van der Waals surface area contributed by atoms with Crippen molar-refractivity contribution < 1.29 is 32.9 Å². The summed E-state index contributed by atoms with van der Waals surface area (Å²) in [7, 11) is -4.09. The van der Waals surface area contributed by atoms with Crippen LogP contribution < -0.4 is 0 Å². The second-order valence-corrected chi connectivity index (χ2v) is 13.5. The van der Waals surface area contributed by atoms with Crippen LogP contribution in [0.3, 0.4) is 0 Å². The van der Waals surface area contributed by atoms with Crippen LogP contribution in [-0.4, -0.2) is 62.9 Å². The summed E-state index contributed by atoms with van der Waals surface area (Å²) in [6, 6.07) is 5.04. The smallest absolute Gasteiger partial charge is 0.378 e. The summed E-state index contributed by atoms with van der Waals surface area (Å²) >= 11 is 1.40. The maximum atomic E-state index is 14.4. The number of carbonyl (C=O) groups is 2. The van der Waals surface area contributed by atoms with Gasteiger partial charge >= 0.3 is 13.6 Å². The highest BCUT2D eigenvalue weighted by molar-refractivity contribution is 8.00. The highest BCUT2D eigenvalue weighted by Gasteiger charge is 2.58. The van der Waals surface area contributed by atoms with E-state index in [2.05, 4.69) is 4.99 Å². The molecule has 13 heteroatoms. The fraction of sp³-hybridized carbons (Fsp3) is 0.542. The summed E-state index contributed by atoms with van der Waals surface area (Å²) in [5.41, 5.74) is -0.631.